The molecule has 2 aliphatic heterocycles. The Morgan fingerprint density at radius 3 is 2.59 bits per heavy atom. The van der Waals surface area contributed by atoms with E-state index in [0.717, 1.165) is 16.4 Å². The van der Waals surface area contributed by atoms with Crippen LogP contribution in [0.3, 0.4) is 0 Å². The number of hydrogen-bond acceptors (Lipinski definition) is 7. The number of hydrogen-bond donors (Lipinski definition) is 0. The first-order valence-electron chi connectivity index (χ1n) is 9.07. The molecule has 0 amide bonds. The van der Waals surface area contributed by atoms with Crippen molar-refractivity contribution < 1.29 is 22.3 Å². The number of nitrogens with zero attached hydrogens (tertiary/aromatic N) is 2. The van der Waals surface area contributed by atoms with Gasteiger partial charge in [0, 0.05) is 11.8 Å². The van der Waals surface area contributed by atoms with E-state index < -0.39 is 9.84 Å². The van der Waals surface area contributed by atoms with Crippen LogP contribution in [-0.2, 0) is 15.6 Å². The van der Waals surface area contributed by atoms with Crippen LogP contribution in [-0.4, -0.2) is 51.4 Å². The average molecular weight is 437 g/mol. The summed E-state index contributed by atoms with van der Waals surface area (Å²) >= 11 is 1.50. The molecule has 0 aliphatic carbocycles. The molecule has 1 saturated heterocycles. The molecule has 4 rings (SSSR count). The van der Waals surface area contributed by atoms with Crippen molar-refractivity contribution in [3.05, 3.63) is 53.8 Å². The zero-order valence-electron chi connectivity index (χ0n) is 16.0. The molecule has 2 heterocycles. The summed E-state index contributed by atoms with van der Waals surface area (Å²) in [6, 6.07) is 11.2. The summed E-state index contributed by atoms with van der Waals surface area (Å²) in [7, 11) is 0.00745. The van der Waals surface area contributed by atoms with Crippen molar-refractivity contribution in [1.82, 2.24) is 0 Å². The van der Waals surface area contributed by atoms with Crippen LogP contribution in [0.25, 0.3) is 0 Å². The first-order valence-corrected chi connectivity index (χ1v) is 11.9. The molecule has 0 unspecified atom stereocenters. The monoisotopic (exact) mass is 436 g/mol. The highest BCUT2D eigenvalue weighted by Crippen LogP contribution is 2.41. The molecule has 9 heteroatoms. The number of sulfone groups is 1. The van der Waals surface area contributed by atoms with Gasteiger partial charge in [-0.1, -0.05) is 23.9 Å². The van der Waals surface area contributed by atoms with Crippen LogP contribution in [0.15, 0.2) is 47.5 Å². The van der Waals surface area contributed by atoms with Crippen LogP contribution in [0.5, 0.6) is 11.5 Å². The fraction of sp³-hybridized carbons (Fsp3) is 0.350. The van der Waals surface area contributed by atoms with Gasteiger partial charge in [0.05, 0.1) is 43.5 Å². The summed E-state index contributed by atoms with van der Waals surface area (Å²) in [4.78, 5) is 6.67. The van der Waals surface area contributed by atoms with Gasteiger partial charge in [-0.05, 0) is 29.8 Å². The van der Waals surface area contributed by atoms with Gasteiger partial charge in [-0.3, -0.25) is 4.99 Å². The van der Waals surface area contributed by atoms with Crippen molar-refractivity contribution in [2.75, 3.05) is 30.6 Å². The van der Waals surface area contributed by atoms with Gasteiger partial charge in [0.1, 0.15) is 17.3 Å². The van der Waals surface area contributed by atoms with Crippen molar-refractivity contribution >= 4 is 32.5 Å². The lowest BCUT2D eigenvalue weighted by molar-refractivity contribution is 0.403. The molecule has 2 aromatic carbocycles. The van der Waals surface area contributed by atoms with Crippen LogP contribution in [0.2, 0.25) is 0 Å². The Hall–Kier alpha value is -2.26. The fourth-order valence-electron chi connectivity index (χ4n) is 3.63. The van der Waals surface area contributed by atoms with Crippen molar-refractivity contribution in [1.29, 1.82) is 0 Å². The van der Waals surface area contributed by atoms with Crippen LogP contribution in [0, 0.1) is 5.82 Å². The molecule has 2 atom stereocenters. The number of fused-ring (bicyclic) bond motifs is 1. The van der Waals surface area contributed by atoms with Gasteiger partial charge in [0.2, 0.25) is 0 Å². The van der Waals surface area contributed by atoms with E-state index in [4.69, 9.17) is 14.5 Å². The molecule has 0 spiro atoms. The summed E-state index contributed by atoms with van der Waals surface area (Å²) in [5, 5.41) is 0.728. The molecule has 154 valence electrons. The van der Waals surface area contributed by atoms with Gasteiger partial charge in [-0.2, -0.15) is 0 Å². The summed E-state index contributed by atoms with van der Waals surface area (Å²) in [5.74, 6) is 1.66. The van der Waals surface area contributed by atoms with E-state index >= 15 is 0 Å². The Balaban J connectivity index is 1.68. The van der Waals surface area contributed by atoms with E-state index in [1.807, 2.05) is 11.0 Å². The van der Waals surface area contributed by atoms with E-state index in [9.17, 15) is 12.8 Å². The third-order valence-corrected chi connectivity index (χ3v) is 7.77. The number of methoxy groups -OCH3 is 2. The predicted octanol–water partition coefficient (Wildman–Crippen LogP) is 3.12. The number of anilines is 1. The lowest BCUT2D eigenvalue weighted by Crippen LogP contribution is -2.39. The standard InChI is InChI=1S/C20H21FN2O4S2/c1-26-15-7-8-19(27-2)17(9-15)23-18-12-29(24,25)11-16(18)22-20(23)28-10-13-3-5-14(21)6-4-13/h3-9,16,18H,10-12H2,1-2H3/t16-,18-/m1/s1. The summed E-state index contributed by atoms with van der Waals surface area (Å²) < 4.78 is 48.5. The molecular formula is C20H21FN2O4S2. The van der Waals surface area contributed by atoms with E-state index in [1.54, 1.807) is 38.5 Å². The average Bonchev–Trinajstić information content (AvgIpc) is 3.17. The number of halogens is 1. The maximum atomic E-state index is 13.2. The van der Waals surface area contributed by atoms with Crippen LogP contribution < -0.4 is 14.4 Å². The normalized spacial score (nSPS) is 22.3. The molecule has 0 bridgehead atoms. The molecule has 0 radical (unpaired) electrons. The first kappa shape index (κ1) is 20.0. The first-order chi connectivity index (χ1) is 13.9. The molecule has 0 saturated carbocycles. The minimum atomic E-state index is -3.15. The number of thioether (sulfide) groups is 1. The second-order valence-electron chi connectivity index (χ2n) is 6.95. The SMILES string of the molecule is COc1ccc(OC)c(N2C(SCc3ccc(F)cc3)=N[C@@H]3CS(=O)(=O)C[C@H]32)c1. The third kappa shape index (κ3) is 4.06. The predicted molar refractivity (Wildman–Crippen MR) is 113 cm³/mol. The maximum absolute atomic E-state index is 13.2. The highest BCUT2D eigenvalue weighted by Gasteiger charge is 2.47. The van der Waals surface area contributed by atoms with E-state index in [-0.39, 0.29) is 29.4 Å². The second kappa shape index (κ2) is 7.87. The molecule has 2 aromatic rings. The van der Waals surface area contributed by atoms with Crippen LogP contribution >= 0.6 is 11.8 Å². The summed E-state index contributed by atoms with van der Waals surface area (Å²) in [5.41, 5.74) is 1.68. The smallest absolute Gasteiger partial charge is 0.164 e. The van der Waals surface area contributed by atoms with Gasteiger partial charge in [0.15, 0.2) is 15.0 Å². The third-order valence-electron chi connectivity index (χ3n) is 5.03. The highest BCUT2D eigenvalue weighted by atomic mass is 32.2. The van der Waals surface area contributed by atoms with E-state index in [0.29, 0.717) is 17.3 Å². The topological polar surface area (TPSA) is 68.2 Å². The minimum Gasteiger partial charge on any atom is -0.497 e. The van der Waals surface area contributed by atoms with Crippen molar-refractivity contribution in [2.45, 2.75) is 17.8 Å². The number of ether oxygens (including phenoxy) is 2. The zero-order chi connectivity index (χ0) is 20.6. The van der Waals surface area contributed by atoms with Crippen molar-refractivity contribution in [3.8, 4) is 11.5 Å². The lowest BCUT2D eigenvalue weighted by Gasteiger charge is -2.28. The zero-order valence-corrected chi connectivity index (χ0v) is 17.7. The lowest BCUT2D eigenvalue weighted by atomic mass is 10.1. The van der Waals surface area contributed by atoms with Crippen LogP contribution in [0.1, 0.15) is 5.56 Å². The number of amidine groups is 1. The van der Waals surface area contributed by atoms with Gasteiger partial charge < -0.3 is 14.4 Å². The Labute approximate surface area is 173 Å². The fourth-order valence-corrected chi connectivity index (χ4v) is 6.54. The van der Waals surface area contributed by atoms with E-state index in [2.05, 4.69) is 0 Å². The molecule has 0 aromatic heterocycles. The highest BCUT2D eigenvalue weighted by molar-refractivity contribution is 8.13. The Morgan fingerprint density at radius 1 is 1.14 bits per heavy atom. The quantitative estimate of drug-likeness (QED) is 0.718. The molecule has 2 aliphatic rings. The van der Waals surface area contributed by atoms with Gasteiger partial charge >= 0.3 is 0 Å². The Bertz CT molecular complexity index is 1040. The molecular weight excluding hydrogens is 415 g/mol. The van der Waals surface area contributed by atoms with Gasteiger partial charge in [-0.25, -0.2) is 12.8 Å². The summed E-state index contributed by atoms with van der Waals surface area (Å²) in [6.45, 7) is 0. The van der Waals surface area contributed by atoms with Crippen LogP contribution in [0.4, 0.5) is 10.1 Å². The largest absolute Gasteiger partial charge is 0.497 e. The van der Waals surface area contributed by atoms with Gasteiger partial charge in [-0.15, -0.1) is 0 Å². The molecule has 29 heavy (non-hydrogen) atoms. The van der Waals surface area contributed by atoms with Crippen molar-refractivity contribution in [2.24, 2.45) is 4.99 Å². The summed E-state index contributed by atoms with van der Waals surface area (Å²) in [6.07, 6.45) is 0. The molecule has 1 fully saturated rings. The Morgan fingerprint density at radius 2 is 1.90 bits per heavy atom. The molecule has 6 nitrogen and oxygen atoms in total. The number of benzene rings is 2. The number of rotatable bonds is 5. The minimum absolute atomic E-state index is 0.0427. The van der Waals surface area contributed by atoms with Crippen molar-refractivity contribution in [3.63, 3.8) is 0 Å². The maximum Gasteiger partial charge on any atom is 0.164 e. The van der Waals surface area contributed by atoms with E-state index in [1.165, 1.54) is 23.9 Å². The number of aliphatic imine (C=N–C) groups is 1. The Kier molecular flexibility index (Phi) is 5.44. The molecule has 0 N–H and O–H groups in total. The second-order valence-corrected chi connectivity index (χ2v) is 10.0. The van der Waals surface area contributed by atoms with Gasteiger partial charge in [0.25, 0.3) is 0 Å².